The van der Waals surface area contributed by atoms with Crippen LogP contribution in [0.4, 0.5) is 0 Å². The van der Waals surface area contributed by atoms with Crippen LogP contribution in [0.15, 0.2) is 17.1 Å². The van der Waals surface area contributed by atoms with Crippen LogP contribution in [0.3, 0.4) is 0 Å². The van der Waals surface area contributed by atoms with Crippen LogP contribution in [0.25, 0.3) is 0 Å². The number of nitrogens with zero attached hydrogens (tertiary/aromatic N) is 1. The Morgan fingerprint density at radius 2 is 2.07 bits per heavy atom. The quantitative estimate of drug-likeness (QED) is 0.731. The summed E-state index contributed by atoms with van der Waals surface area (Å²) < 4.78 is 5.19. The van der Waals surface area contributed by atoms with Crippen molar-refractivity contribution in [2.45, 2.75) is 13.8 Å². The maximum Gasteiger partial charge on any atom is 0.131 e. The van der Waals surface area contributed by atoms with Gasteiger partial charge >= 0.3 is 0 Å². The Balaban J connectivity index is 3.40. The Labute approximate surface area is 84.1 Å². The monoisotopic (exact) mass is 193 g/mol. The molecular weight excluding hydrogens is 178 g/mol. The van der Waals surface area contributed by atoms with Gasteiger partial charge in [0.15, 0.2) is 0 Å². The average molecular weight is 193 g/mol. The first-order valence-electron chi connectivity index (χ1n) is 4.41. The summed E-state index contributed by atoms with van der Waals surface area (Å²) in [7, 11) is 3.27. The molecule has 0 unspecified atom stereocenters. The fourth-order valence-corrected chi connectivity index (χ4v) is 1.37. The first kappa shape index (κ1) is 10.6. The molecule has 0 aliphatic rings. The van der Waals surface area contributed by atoms with Crippen LogP contribution in [0.5, 0.6) is 11.5 Å². The van der Waals surface area contributed by atoms with E-state index in [2.05, 4.69) is 4.99 Å². The van der Waals surface area contributed by atoms with Crippen molar-refractivity contribution in [1.82, 2.24) is 0 Å². The first-order valence-corrected chi connectivity index (χ1v) is 4.41. The van der Waals surface area contributed by atoms with E-state index in [9.17, 15) is 5.11 Å². The lowest BCUT2D eigenvalue weighted by Crippen LogP contribution is -2.00. The highest BCUT2D eigenvalue weighted by molar-refractivity contribution is 6.03. The van der Waals surface area contributed by atoms with Crippen LogP contribution < -0.4 is 4.74 Å². The van der Waals surface area contributed by atoms with Gasteiger partial charge in [0, 0.05) is 12.8 Å². The molecule has 14 heavy (non-hydrogen) atoms. The predicted molar refractivity (Wildman–Crippen MR) is 57.5 cm³/mol. The maximum atomic E-state index is 9.74. The summed E-state index contributed by atoms with van der Waals surface area (Å²) in [4.78, 5) is 4.03. The Bertz CT molecular complexity index is 370. The number of phenolic OH excluding ortho intramolecular Hbond substituents is 1. The molecule has 0 heterocycles. The van der Waals surface area contributed by atoms with Crippen molar-refractivity contribution < 1.29 is 9.84 Å². The molecule has 1 N–H and O–H groups in total. The lowest BCUT2D eigenvalue weighted by Gasteiger charge is -2.10. The minimum atomic E-state index is 0.213. The number of methoxy groups -OCH3 is 1. The van der Waals surface area contributed by atoms with Crippen molar-refractivity contribution in [3.8, 4) is 11.5 Å². The van der Waals surface area contributed by atoms with E-state index in [-0.39, 0.29) is 5.75 Å². The van der Waals surface area contributed by atoms with Gasteiger partial charge in [-0.3, -0.25) is 4.99 Å². The zero-order chi connectivity index (χ0) is 10.7. The van der Waals surface area contributed by atoms with Gasteiger partial charge in [0.1, 0.15) is 11.5 Å². The molecule has 0 radical (unpaired) electrons. The second-order valence-corrected chi connectivity index (χ2v) is 3.17. The van der Waals surface area contributed by atoms with E-state index >= 15 is 0 Å². The number of aliphatic imine (C=N–C) groups is 1. The number of rotatable bonds is 2. The van der Waals surface area contributed by atoms with Gasteiger partial charge in [-0.2, -0.15) is 0 Å². The average Bonchev–Trinajstić information content (AvgIpc) is 2.15. The molecule has 1 rings (SSSR count). The van der Waals surface area contributed by atoms with E-state index in [1.54, 1.807) is 20.2 Å². The largest absolute Gasteiger partial charge is 0.507 e. The topological polar surface area (TPSA) is 41.8 Å². The van der Waals surface area contributed by atoms with Gasteiger partial charge in [0.25, 0.3) is 0 Å². The first-order chi connectivity index (χ1) is 6.60. The van der Waals surface area contributed by atoms with Gasteiger partial charge in [0.05, 0.1) is 12.7 Å². The fourth-order valence-electron chi connectivity index (χ4n) is 1.37. The molecule has 0 aliphatic heterocycles. The van der Waals surface area contributed by atoms with E-state index in [1.807, 2.05) is 19.9 Å². The molecule has 0 aromatic heterocycles. The number of aryl methyl sites for hydroxylation is 1. The normalized spacial score (nSPS) is 11.6. The number of hydrogen-bond donors (Lipinski definition) is 1. The Kier molecular flexibility index (Phi) is 3.12. The van der Waals surface area contributed by atoms with Gasteiger partial charge in [-0.15, -0.1) is 0 Å². The Hall–Kier alpha value is -1.51. The molecule has 0 saturated heterocycles. The molecule has 1 aromatic carbocycles. The van der Waals surface area contributed by atoms with Crippen LogP contribution in [-0.4, -0.2) is 25.0 Å². The van der Waals surface area contributed by atoms with Crippen LogP contribution >= 0.6 is 0 Å². The summed E-state index contributed by atoms with van der Waals surface area (Å²) in [6, 6.07) is 3.58. The summed E-state index contributed by atoms with van der Waals surface area (Å²) in [5, 5.41) is 9.74. The highest BCUT2D eigenvalue weighted by atomic mass is 16.5. The standard InChI is InChI=1S/C11H15NO2/c1-7-5-9(13)11(8(2)12-3)10(6-7)14-4/h5-6,13H,1-4H3/b12-8+. The highest BCUT2D eigenvalue weighted by Crippen LogP contribution is 2.29. The molecule has 3 nitrogen and oxygen atoms in total. The lowest BCUT2D eigenvalue weighted by atomic mass is 10.1. The molecule has 3 heteroatoms. The number of aromatic hydroxyl groups is 1. The molecule has 0 atom stereocenters. The molecule has 0 amide bonds. The Morgan fingerprint density at radius 1 is 1.43 bits per heavy atom. The molecular formula is C11H15NO2. The van der Waals surface area contributed by atoms with Gasteiger partial charge < -0.3 is 9.84 Å². The van der Waals surface area contributed by atoms with Gasteiger partial charge in [-0.05, 0) is 31.5 Å². The fraction of sp³-hybridized carbons (Fsp3) is 0.364. The van der Waals surface area contributed by atoms with Gasteiger partial charge in [-0.25, -0.2) is 0 Å². The third kappa shape index (κ3) is 1.87. The molecule has 0 aliphatic carbocycles. The third-order valence-electron chi connectivity index (χ3n) is 2.14. The van der Waals surface area contributed by atoms with Crippen molar-refractivity contribution in [2.24, 2.45) is 4.99 Å². The zero-order valence-electron chi connectivity index (χ0n) is 8.96. The summed E-state index contributed by atoms with van der Waals surface area (Å²) in [5.41, 5.74) is 2.40. The van der Waals surface area contributed by atoms with Gasteiger partial charge in [0.2, 0.25) is 0 Å². The lowest BCUT2D eigenvalue weighted by molar-refractivity contribution is 0.406. The van der Waals surface area contributed by atoms with Crippen LogP contribution in [0, 0.1) is 6.92 Å². The molecule has 1 aromatic rings. The van der Waals surface area contributed by atoms with Crippen LogP contribution in [0.1, 0.15) is 18.1 Å². The molecule has 0 bridgehead atoms. The van der Waals surface area contributed by atoms with Crippen molar-refractivity contribution in [3.05, 3.63) is 23.3 Å². The summed E-state index contributed by atoms with van der Waals surface area (Å²) in [5.74, 6) is 0.871. The summed E-state index contributed by atoms with van der Waals surface area (Å²) in [6.07, 6.45) is 0. The number of phenols is 1. The summed E-state index contributed by atoms with van der Waals surface area (Å²) >= 11 is 0. The predicted octanol–water partition coefficient (Wildman–Crippen LogP) is 2.15. The Morgan fingerprint density at radius 3 is 2.57 bits per heavy atom. The van der Waals surface area contributed by atoms with Crippen LogP contribution in [0.2, 0.25) is 0 Å². The van der Waals surface area contributed by atoms with Crippen LogP contribution in [-0.2, 0) is 0 Å². The second kappa shape index (κ2) is 4.13. The summed E-state index contributed by atoms with van der Waals surface area (Å²) in [6.45, 7) is 3.75. The third-order valence-corrected chi connectivity index (χ3v) is 2.14. The number of hydrogen-bond acceptors (Lipinski definition) is 3. The minimum Gasteiger partial charge on any atom is -0.507 e. The minimum absolute atomic E-state index is 0.213. The maximum absolute atomic E-state index is 9.74. The smallest absolute Gasteiger partial charge is 0.131 e. The van der Waals surface area contributed by atoms with E-state index in [0.29, 0.717) is 11.3 Å². The van der Waals surface area contributed by atoms with Crippen molar-refractivity contribution in [2.75, 3.05) is 14.2 Å². The SMILES string of the molecule is C/N=C(\C)c1c(O)cc(C)cc1OC. The van der Waals surface area contributed by atoms with Gasteiger partial charge in [-0.1, -0.05) is 0 Å². The van der Waals surface area contributed by atoms with Crippen molar-refractivity contribution in [3.63, 3.8) is 0 Å². The highest BCUT2D eigenvalue weighted by Gasteiger charge is 2.11. The molecule has 0 spiro atoms. The number of ether oxygens (including phenoxy) is 1. The van der Waals surface area contributed by atoms with Crippen molar-refractivity contribution >= 4 is 5.71 Å². The molecule has 0 saturated carbocycles. The number of benzene rings is 1. The second-order valence-electron chi connectivity index (χ2n) is 3.17. The van der Waals surface area contributed by atoms with E-state index in [0.717, 1.165) is 11.3 Å². The van der Waals surface area contributed by atoms with E-state index < -0.39 is 0 Å². The molecule has 0 fully saturated rings. The van der Waals surface area contributed by atoms with E-state index in [1.165, 1.54) is 0 Å². The van der Waals surface area contributed by atoms with Crippen molar-refractivity contribution in [1.29, 1.82) is 0 Å². The zero-order valence-corrected chi connectivity index (χ0v) is 8.96. The van der Waals surface area contributed by atoms with E-state index in [4.69, 9.17) is 4.74 Å². The molecule has 76 valence electrons.